The van der Waals surface area contributed by atoms with Crippen LogP contribution >= 0.6 is 0 Å². The molecule has 1 aliphatic heterocycles. The van der Waals surface area contributed by atoms with Gasteiger partial charge in [0.2, 0.25) is 5.89 Å². The fourth-order valence-electron chi connectivity index (χ4n) is 1.66. The van der Waals surface area contributed by atoms with Crippen LogP contribution < -0.4 is 5.32 Å². The van der Waals surface area contributed by atoms with Crippen molar-refractivity contribution in [1.82, 2.24) is 30.2 Å². The largest absolute Gasteiger partial charge is 0.378 e. The highest BCUT2D eigenvalue weighted by Crippen LogP contribution is 2.12. The Bertz CT molecular complexity index is 462. The Balaban J connectivity index is 1.69. The van der Waals surface area contributed by atoms with E-state index in [1.807, 2.05) is 0 Å². The van der Waals surface area contributed by atoms with E-state index in [1.165, 1.54) is 6.33 Å². The van der Waals surface area contributed by atoms with Gasteiger partial charge in [0.1, 0.15) is 19.2 Å². The predicted molar refractivity (Wildman–Crippen MR) is 55.0 cm³/mol. The maximum absolute atomic E-state index is 5.34. The molecule has 2 aromatic rings. The summed E-state index contributed by atoms with van der Waals surface area (Å²) in [6.45, 7) is 2.53. The van der Waals surface area contributed by atoms with Crippen molar-refractivity contribution in [3.05, 3.63) is 24.4 Å². The number of hydrogen-bond acceptors (Lipinski definition) is 7. The van der Waals surface area contributed by atoms with Gasteiger partial charge in [0.15, 0.2) is 5.82 Å². The smallest absolute Gasteiger partial charge is 0.248 e. The van der Waals surface area contributed by atoms with Crippen molar-refractivity contribution in [2.75, 3.05) is 19.8 Å². The van der Waals surface area contributed by atoms with Crippen LogP contribution in [-0.4, -0.2) is 44.7 Å². The molecular weight excluding hydrogens is 224 g/mol. The van der Waals surface area contributed by atoms with Gasteiger partial charge in [0.05, 0.1) is 19.3 Å². The quantitative estimate of drug-likeness (QED) is 0.758. The zero-order valence-electron chi connectivity index (χ0n) is 9.11. The first-order valence-corrected chi connectivity index (χ1v) is 5.38. The second kappa shape index (κ2) is 4.60. The lowest BCUT2D eigenvalue weighted by Crippen LogP contribution is -2.35. The number of morpholine rings is 1. The number of hydrogen-bond donors (Lipinski definition) is 1. The molecule has 0 aromatic carbocycles. The van der Waals surface area contributed by atoms with Gasteiger partial charge in [-0.15, -0.1) is 0 Å². The molecule has 90 valence electrons. The Hall–Kier alpha value is -1.80. The summed E-state index contributed by atoms with van der Waals surface area (Å²) in [5.41, 5.74) is 0. The van der Waals surface area contributed by atoms with Crippen molar-refractivity contribution in [3.8, 4) is 0 Å². The van der Waals surface area contributed by atoms with Crippen LogP contribution in [0.25, 0.3) is 0 Å². The SMILES string of the molecule is c1ncn(Cc2nc(C3COCCN3)no2)n1. The maximum atomic E-state index is 5.34. The summed E-state index contributed by atoms with van der Waals surface area (Å²) < 4.78 is 12.1. The third-order valence-corrected chi connectivity index (χ3v) is 2.48. The molecule has 1 atom stereocenters. The fourth-order valence-corrected chi connectivity index (χ4v) is 1.66. The molecule has 0 radical (unpaired) electrons. The highest BCUT2D eigenvalue weighted by Gasteiger charge is 2.20. The van der Waals surface area contributed by atoms with Crippen LogP contribution in [-0.2, 0) is 11.3 Å². The van der Waals surface area contributed by atoms with E-state index in [9.17, 15) is 0 Å². The third kappa shape index (κ3) is 2.32. The van der Waals surface area contributed by atoms with Crippen LogP contribution in [0.15, 0.2) is 17.2 Å². The minimum Gasteiger partial charge on any atom is -0.378 e. The Morgan fingerprint density at radius 2 is 2.53 bits per heavy atom. The minimum absolute atomic E-state index is 0.0111. The van der Waals surface area contributed by atoms with Gasteiger partial charge < -0.3 is 14.6 Å². The van der Waals surface area contributed by atoms with E-state index >= 15 is 0 Å². The first kappa shape index (κ1) is 10.4. The lowest BCUT2D eigenvalue weighted by molar-refractivity contribution is 0.0734. The van der Waals surface area contributed by atoms with Crippen LogP contribution in [0.5, 0.6) is 0 Å². The molecule has 1 aliphatic rings. The van der Waals surface area contributed by atoms with Crippen LogP contribution in [0.4, 0.5) is 0 Å². The lowest BCUT2D eigenvalue weighted by Gasteiger charge is -2.20. The first-order chi connectivity index (χ1) is 8.42. The molecule has 0 saturated carbocycles. The molecule has 8 nitrogen and oxygen atoms in total. The van der Waals surface area contributed by atoms with Gasteiger partial charge >= 0.3 is 0 Å². The Morgan fingerprint density at radius 1 is 1.53 bits per heavy atom. The standard InChI is InChI=1S/C9H12N6O2/c1-2-16-4-7(11-1)9-13-8(17-14-9)3-15-6-10-5-12-15/h5-7,11H,1-4H2. The van der Waals surface area contributed by atoms with E-state index in [2.05, 4.69) is 25.5 Å². The molecule has 2 aromatic heterocycles. The normalized spacial score (nSPS) is 20.6. The molecule has 3 heterocycles. The predicted octanol–water partition coefficient (Wildman–Crippen LogP) is -0.630. The van der Waals surface area contributed by atoms with Crippen LogP contribution in [0.1, 0.15) is 17.8 Å². The summed E-state index contributed by atoms with van der Waals surface area (Å²) in [6, 6.07) is 0.0111. The summed E-state index contributed by atoms with van der Waals surface area (Å²) in [6.07, 6.45) is 3.07. The molecule has 8 heteroatoms. The Kier molecular flexibility index (Phi) is 2.80. The summed E-state index contributed by atoms with van der Waals surface area (Å²) in [5, 5.41) is 11.2. The lowest BCUT2D eigenvalue weighted by atomic mass is 10.2. The van der Waals surface area contributed by atoms with Gasteiger partial charge in [-0.2, -0.15) is 10.1 Å². The Labute approximate surface area is 97.0 Å². The van der Waals surface area contributed by atoms with E-state index in [-0.39, 0.29) is 6.04 Å². The van der Waals surface area contributed by atoms with Gasteiger partial charge in [-0.1, -0.05) is 5.16 Å². The molecule has 1 fully saturated rings. The molecule has 1 unspecified atom stereocenters. The highest BCUT2D eigenvalue weighted by atomic mass is 16.5. The molecule has 1 saturated heterocycles. The molecule has 1 N–H and O–H groups in total. The first-order valence-electron chi connectivity index (χ1n) is 5.38. The van der Waals surface area contributed by atoms with E-state index in [0.29, 0.717) is 24.9 Å². The molecule has 0 spiro atoms. The van der Waals surface area contributed by atoms with E-state index in [4.69, 9.17) is 9.26 Å². The van der Waals surface area contributed by atoms with Gasteiger partial charge in [-0.25, -0.2) is 9.67 Å². The number of ether oxygens (including phenoxy) is 1. The molecule has 3 rings (SSSR count). The summed E-state index contributed by atoms with van der Waals surface area (Å²) in [4.78, 5) is 8.14. The molecule has 0 aliphatic carbocycles. The second-order valence-corrected chi connectivity index (χ2v) is 3.72. The minimum atomic E-state index is 0.0111. The van der Waals surface area contributed by atoms with Gasteiger partial charge in [-0.05, 0) is 0 Å². The Morgan fingerprint density at radius 3 is 3.29 bits per heavy atom. The van der Waals surface area contributed by atoms with Crippen molar-refractivity contribution in [2.24, 2.45) is 0 Å². The average molecular weight is 236 g/mol. The summed E-state index contributed by atoms with van der Waals surface area (Å²) in [7, 11) is 0. The van der Waals surface area contributed by atoms with Crippen molar-refractivity contribution in [2.45, 2.75) is 12.6 Å². The van der Waals surface area contributed by atoms with Crippen LogP contribution in [0.3, 0.4) is 0 Å². The molecule has 0 bridgehead atoms. The molecule has 17 heavy (non-hydrogen) atoms. The third-order valence-electron chi connectivity index (χ3n) is 2.48. The van der Waals surface area contributed by atoms with Crippen molar-refractivity contribution in [3.63, 3.8) is 0 Å². The number of aromatic nitrogens is 5. The fraction of sp³-hybridized carbons (Fsp3) is 0.556. The molecular formula is C9H12N6O2. The van der Waals surface area contributed by atoms with Gasteiger partial charge in [0.25, 0.3) is 0 Å². The zero-order chi connectivity index (χ0) is 11.5. The average Bonchev–Trinajstić information content (AvgIpc) is 3.02. The summed E-state index contributed by atoms with van der Waals surface area (Å²) >= 11 is 0. The van der Waals surface area contributed by atoms with Crippen molar-refractivity contribution in [1.29, 1.82) is 0 Å². The van der Waals surface area contributed by atoms with Crippen molar-refractivity contribution < 1.29 is 9.26 Å². The molecule has 0 amide bonds. The summed E-state index contributed by atoms with van der Waals surface area (Å²) in [5.74, 6) is 1.14. The number of rotatable bonds is 3. The van der Waals surface area contributed by atoms with Crippen LogP contribution in [0, 0.1) is 0 Å². The van der Waals surface area contributed by atoms with Gasteiger partial charge in [0, 0.05) is 6.54 Å². The van der Waals surface area contributed by atoms with Crippen molar-refractivity contribution >= 4 is 0 Å². The van der Waals surface area contributed by atoms with E-state index < -0.39 is 0 Å². The van der Waals surface area contributed by atoms with Crippen LogP contribution in [0.2, 0.25) is 0 Å². The van der Waals surface area contributed by atoms with E-state index in [0.717, 1.165) is 13.2 Å². The van der Waals surface area contributed by atoms with E-state index in [1.54, 1.807) is 11.0 Å². The van der Waals surface area contributed by atoms with Gasteiger partial charge in [-0.3, -0.25) is 0 Å². The zero-order valence-corrected chi connectivity index (χ0v) is 9.11. The monoisotopic (exact) mass is 236 g/mol. The maximum Gasteiger partial charge on any atom is 0.248 e. The number of nitrogens with one attached hydrogen (secondary N) is 1. The second-order valence-electron chi connectivity index (χ2n) is 3.72. The number of nitrogens with zero attached hydrogens (tertiary/aromatic N) is 5. The highest BCUT2D eigenvalue weighted by molar-refractivity contribution is 4.95. The topological polar surface area (TPSA) is 90.9 Å².